The van der Waals surface area contributed by atoms with Crippen LogP contribution in [0.4, 0.5) is 0 Å². The Morgan fingerprint density at radius 1 is 1.06 bits per heavy atom. The minimum atomic E-state index is 0.730. The summed E-state index contributed by atoms with van der Waals surface area (Å²) < 4.78 is 5.83. The summed E-state index contributed by atoms with van der Waals surface area (Å²) in [6.07, 6.45) is 7.97. The van der Waals surface area contributed by atoms with Gasteiger partial charge in [-0.2, -0.15) is 0 Å². The molecule has 2 fully saturated rings. The molecule has 0 aromatic rings. The van der Waals surface area contributed by atoms with Crippen LogP contribution in [0, 0.1) is 11.8 Å². The third-order valence-electron chi connectivity index (χ3n) is 4.41. The molecule has 0 aromatic heterocycles. The summed E-state index contributed by atoms with van der Waals surface area (Å²) in [6.45, 7) is 6.56. The average Bonchev–Trinajstić information content (AvgIpc) is 2.98. The van der Waals surface area contributed by atoms with Gasteiger partial charge in [-0.25, -0.2) is 0 Å². The molecule has 2 N–H and O–H groups in total. The Morgan fingerprint density at radius 2 is 1.82 bits per heavy atom. The maximum absolute atomic E-state index is 5.83. The van der Waals surface area contributed by atoms with Crippen molar-refractivity contribution >= 4 is 0 Å². The predicted molar refractivity (Wildman–Crippen MR) is 71.0 cm³/mol. The van der Waals surface area contributed by atoms with E-state index in [0.717, 1.165) is 31.6 Å². The molecule has 1 aliphatic heterocycles. The van der Waals surface area contributed by atoms with Gasteiger partial charge in [0.15, 0.2) is 0 Å². The number of nitrogens with two attached hydrogens (primary N) is 1. The third-order valence-corrected chi connectivity index (χ3v) is 4.41. The normalized spacial score (nSPS) is 30.2. The first-order valence-corrected chi connectivity index (χ1v) is 7.40. The number of hydrogen-bond donors (Lipinski definition) is 1. The summed E-state index contributed by atoms with van der Waals surface area (Å²) in [7, 11) is 0. The molecule has 2 aliphatic rings. The van der Waals surface area contributed by atoms with Gasteiger partial charge in [0.05, 0.1) is 0 Å². The summed E-state index contributed by atoms with van der Waals surface area (Å²) in [5.41, 5.74) is 5.78. The Labute approximate surface area is 106 Å². The summed E-state index contributed by atoms with van der Waals surface area (Å²) in [5, 5.41) is 0. The van der Waals surface area contributed by atoms with E-state index in [1.807, 2.05) is 0 Å². The van der Waals surface area contributed by atoms with Crippen LogP contribution >= 0.6 is 0 Å². The Bertz CT molecular complexity index is 204. The first-order valence-electron chi connectivity index (χ1n) is 7.40. The minimum Gasteiger partial charge on any atom is -0.381 e. The van der Waals surface area contributed by atoms with Crippen molar-refractivity contribution in [2.75, 3.05) is 39.4 Å². The van der Waals surface area contributed by atoms with Crippen LogP contribution < -0.4 is 5.73 Å². The van der Waals surface area contributed by atoms with Crippen molar-refractivity contribution < 1.29 is 4.74 Å². The summed E-state index contributed by atoms with van der Waals surface area (Å²) in [5.74, 6) is 1.47. The molecule has 0 bridgehead atoms. The van der Waals surface area contributed by atoms with Gasteiger partial charge >= 0.3 is 0 Å². The number of ether oxygens (including phenoxy) is 1. The van der Waals surface area contributed by atoms with Gasteiger partial charge in [0.2, 0.25) is 0 Å². The molecule has 2 rings (SSSR count). The van der Waals surface area contributed by atoms with Crippen LogP contribution in [-0.2, 0) is 4.74 Å². The van der Waals surface area contributed by atoms with Gasteiger partial charge in [-0.15, -0.1) is 0 Å². The van der Waals surface area contributed by atoms with Crippen molar-refractivity contribution in [1.82, 2.24) is 4.90 Å². The number of rotatable bonds is 7. The van der Waals surface area contributed by atoms with Crippen LogP contribution in [0.2, 0.25) is 0 Å². The molecule has 0 spiro atoms. The Morgan fingerprint density at radius 3 is 2.59 bits per heavy atom. The van der Waals surface area contributed by atoms with E-state index in [-0.39, 0.29) is 0 Å². The Hall–Kier alpha value is -0.120. The zero-order chi connectivity index (χ0) is 11.9. The lowest BCUT2D eigenvalue weighted by Gasteiger charge is -2.18. The zero-order valence-electron chi connectivity index (χ0n) is 11.1. The van der Waals surface area contributed by atoms with Gasteiger partial charge in [0, 0.05) is 19.8 Å². The monoisotopic (exact) mass is 240 g/mol. The second-order valence-corrected chi connectivity index (χ2v) is 5.66. The molecule has 3 heteroatoms. The molecule has 1 saturated carbocycles. The fourth-order valence-electron chi connectivity index (χ4n) is 3.27. The van der Waals surface area contributed by atoms with Crippen LogP contribution in [0.3, 0.4) is 0 Å². The van der Waals surface area contributed by atoms with Crippen LogP contribution in [0.25, 0.3) is 0 Å². The molecule has 1 heterocycles. The van der Waals surface area contributed by atoms with E-state index < -0.39 is 0 Å². The van der Waals surface area contributed by atoms with E-state index in [9.17, 15) is 0 Å². The van der Waals surface area contributed by atoms with Crippen LogP contribution in [0.5, 0.6) is 0 Å². The first-order chi connectivity index (χ1) is 8.40. The summed E-state index contributed by atoms with van der Waals surface area (Å²) in [4.78, 5) is 2.56. The topological polar surface area (TPSA) is 38.5 Å². The molecule has 0 amide bonds. The van der Waals surface area contributed by atoms with Gasteiger partial charge in [-0.05, 0) is 63.6 Å². The largest absolute Gasteiger partial charge is 0.381 e. The molecule has 3 nitrogen and oxygen atoms in total. The lowest BCUT2D eigenvalue weighted by Crippen LogP contribution is -2.24. The van der Waals surface area contributed by atoms with Gasteiger partial charge in [0.1, 0.15) is 0 Å². The average molecular weight is 240 g/mol. The van der Waals surface area contributed by atoms with Crippen molar-refractivity contribution in [2.45, 2.75) is 38.5 Å². The van der Waals surface area contributed by atoms with E-state index in [1.54, 1.807) is 0 Å². The highest BCUT2D eigenvalue weighted by Crippen LogP contribution is 2.30. The van der Waals surface area contributed by atoms with E-state index >= 15 is 0 Å². The SMILES string of the molecule is NCC1CCCC1COCCCN1CCCC1. The molecule has 0 radical (unpaired) electrons. The molecular weight excluding hydrogens is 212 g/mol. The molecule has 0 aromatic carbocycles. The van der Waals surface area contributed by atoms with E-state index in [1.165, 1.54) is 58.2 Å². The summed E-state index contributed by atoms with van der Waals surface area (Å²) in [6, 6.07) is 0. The summed E-state index contributed by atoms with van der Waals surface area (Å²) >= 11 is 0. The highest BCUT2D eigenvalue weighted by atomic mass is 16.5. The second kappa shape index (κ2) is 7.34. The first kappa shape index (κ1) is 13.3. The fourth-order valence-corrected chi connectivity index (χ4v) is 3.27. The van der Waals surface area contributed by atoms with Crippen molar-refractivity contribution in [1.29, 1.82) is 0 Å². The highest BCUT2D eigenvalue weighted by molar-refractivity contribution is 4.77. The number of nitrogens with zero attached hydrogens (tertiary/aromatic N) is 1. The third kappa shape index (κ3) is 4.23. The maximum Gasteiger partial charge on any atom is 0.0497 e. The predicted octanol–water partition coefficient (Wildman–Crippen LogP) is 1.86. The van der Waals surface area contributed by atoms with Crippen LogP contribution in [0.15, 0.2) is 0 Å². The van der Waals surface area contributed by atoms with E-state index in [2.05, 4.69) is 4.90 Å². The maximum atomic E-state index is 5.83. The quantitative estimate of drug-likeness (QED) is 0.690. The van der Waals surface area contributed by atoms with Crippen LogP contribution in [-0.4, -0.2) is 44.3 Å². The Balaban J connectivity index is 1.48. The standard InChI is InChI=1S/C14H28N2O/c15-11-13-5-3-6-14(13)12-17-10-4-9-16-7-1-2-8-16/h13-14H,1-12,15H2. The molecular formula is C14H28N2O. The van der Waals surface area contributed by atoms with E-state index in [4.69, 9.17) is 10.5 Å². The molecule has 17 heavy (non-hydrogen) atoms. The number of likely N-dealkylation sites (tertiary alicyclic amines) is 1. The molecule has 100 valence electrons. The molecule has 2 unspecified atom stereocenters. The van der Waals surface area contributed by atoms with E-state index in [0.29, 0.717) is 0 Å². The Kier molecular flexibility index (Phi) is 5.75. The molecule has 2 atom stereocenters. The number of hydrogen-bond acceptors (Lipinski definition) is 3. The van der Waals surface area contributed by atoms with Crippen molar-refractivity contribution in [3.8, 4) is 0 Å². The van der Waals surface area contributed by atoms with Gasteiger partial charge in [0.25, 0.3) is 0 Å². The molecule has 1 saturated heterocycles. The minimum absolute atomic E-state index is 0.730. The second-order valence-electron chi connectivity index (χ2n) is 5.66. The lowest BCUT2D eigenvalue weighted by atomic mass is 9.97. The zero-order valence-corrected chi connectivity index (χ0v) is 11.1. The van der Waals surface area contributed by atoms with Crippen LogP contribution in [0.1, 0.15) is 38.5 Å². The smallest absolute Gasteiger partial charge is 0.0497 e. The highest BCUT2D eigenvalue weighted by Gasteiger charge is 2.25. The van der Waals surface area contributed by atoms with Gasteiger partial charge in [-0.3, -0.25) is 0 Å². The fraction of sp³-hybridized carbons (Fsp3) is 1.00. The van der Waals surface area contributed by atoms with Gasteiger partial charge in [-0.1, -0.05) is 6.42 Å². The van der Waals surface area contributed by atoms with Crippen molar-refractivity contribution in [3.63, 3.8) is 0 Å². The lowest BCUT2D eigenvalue weighted by molar-refractivity contribution is 0.0805. The van der Waals surface area contributed by atoms with Gasteiger partial charge < -0.3 is 15.4 Å². The van der Waals surface area contributed by atoms with Crippen molar-refractivity contribution in [3.05, 3.63) is 0 Å². The van der Waals surface area contributed by atoms with Crippen molar-refractivity contribution in [2.24, 2.45) is 17.6 Å². The molecule has 1 aliphatic carbocycles.